The normalized spacial score (nSPS) is 12.2. The molecule has 0 radical (unpaired) electrons. The summed E-state index contributed by atoms with van der Waals surface area (Å²) >= 11 is 6.23. The molecule has 0 unspecified atom stereocenters. The molecule has 0 aliphatic heterocycles. The van der Waals surface area contributed by atoms with Gasteiger partial charge in [-0.25, -0.2) is 19.5 Å². The van der Waals surface area contributed by atoms with Crippen LogP contribution in [0, 0.1) is 5.82 Å². The molecule has 9 heteroatoms. The van der Waals surface area contributed by atoms with Crippen molar-refractivity contribution in [3.05, 3.63) is 58.5 Å². The van der Waals surface area contributed by atoms with Gasteiger partial charge in [0.25, 0.3) is 0 Å². The summed E-state index contributed by atoms with van der Waals surface area (Å²) in [5, 5.41) is 10.6. The molecule has 27 heavy (non-hydrogen) atoms. The Morgan fingerprint density at radius 1 is 1.22 bits per heavy atom. The maximum absolute atomic E-state index is 13.0. The van der Waals surface area contributed by atoms with E-state index in [9.17, 15) is 4.39 Å². The van der Waals surface area contributed by atoms with Gasteiger partial charge < -0.3 is 10.1 Å². The van der Waals surface area contributed by atoms with Gasteiger partial charge in [0.1, 0.15) is 5.82 Å². The fraction of sp³-hybridized carbons (Fsp3) is 0.333. The average molecular weight is 391 g/mol. The molecular formula is C18H20ClFN6O. The summed E-state index contributed by atoms with van der Waals surface area (Å²) in [4.78, 5) is 12.7. The zero-order chi connectivity index (χ0) is 19.4. The Kier molecular flexibility index (Phi) is 5.85. The number of aromatic nitrogens is 5. The molecule has 7 nitrogen and oxygen atoms in total. The zero-order valence-corrected chi connectivity index (χ0v) is 16.0. The summed E-state index contributed by atoms with van der Waals surface area (Å²) < 4.78 is 18.6. The van der Waals surface area contributed by atoms with Gasteiger partial charge in [-0.3, -0.25) is 4.98 Å². The third kappa shape index (κ3) is 5.13. The van der Waals surface area contributed by atoms with E-state index in [2.05, 4.69) is 30.5 Å². The molecule has 1 atom stereocenters. The van der Waals surface area contributed by atoms with E-state index in [4.69, 9.17) is 16.3 Å². The number of H-pyrrole nitrogens is 1. The van der Waals surface area contributed by atoms with Gasteiger partial charge in [0.15, 0.2) is 0 Å². The summed E-state index contributed by atoms with van der Waals surface area (Å²) in [5.74, 6) is 0.623. The lowest BCUT2D eigenvalue weighted by Gasteiger charge is -2.14. The third-order valence-electron chi connectivity index (χ3n) is 3.67. The van der Waals surface area contributed by atoms with Gasteiger partial charge in [-0.15, -0.1) is 0 Å². The lowest BCUT2D eigenvalue weighted by atomic mass is 10.2. The molecule has 2 N–H and O–H groups in total. The number of anilines is 1. The molecule has 0 saturated carbocycles. The summed E-state index contributed by atoms with van der Waals surface area (Å²) in [5.41, 5.74) is 2.07. The van der Waals surface area contributed by atoms with E-state index < -0.39 is 0 Å². The van der Waals surface area contributed by atoms with Crippen molar-refractivity contribution in [1.82, 2.24) is 25.1 Å². The van der Waals surface area contributed by atoms with Gasteiger partial charge in [-0.2, -0.15) is 5.10 Å². The highest BCUT2D eigenvalue weighted by Crippen LogP contribution is 2.21. The molecule has 0 amide bonds. The molecule has 0 spiro atoms. The van der Waals surface area contributed by atoms with Crippen LogP contribution in [0.1, 0.15) is 43.9 Å². The quantitative estimate of drug-likeness (QED) is 0.635. The topological polar surface area (TPSA) is 88.6 Å². The Hall–Kier alpha value is -2.74. The molecule has 0 aromatic carbocycles. The van der Waals surface area contributed by atoms with Gasteiger partial charge in [-0.05, 0) is 32.9 Å². The molecule has 3 heterocycles. The van der Waals surface area contributed by atoms with Gasteiger partial charge in [0, 0.05) is 12.5 Å². The molecule has 3 rings (SSSR count). The standard InChI is InChI=1S/C18H20ClFN6O/c1-10(2)27-17-7-13(25-26-17)6-16-14(19)9-22-18(24-16)23-11(3)15-5-4-12(20)8-21-15/h4-5,7-11H,6H2,1-3H3,(H,25,26)(H,22,23,24)/t11-/m0/s1. The van der Waals surface area contributed by atoms with Crippen molar-refractivity contribution in [2.24, 2.45) is 0 Å². The number of rotatable bonds is 7. The lowest BCUT2D eigenvalue weighted by molar-refractivity contribution is 0.232. The summed E-state index contributed by atoms with van der Waals surface area (Å²) in [6.07, 6.45) is 3.20. The van der Waals surface area contributed by atoms with Crippen molar-refractivity contribution in [3.8, 4) is 5.88 Å². The number of halogens is 2. The predicted octanol–water partition coefficient (Wildman–Crippen LogP) is 3.94. The molecule has 3 aromatic heterocycles. The van der Waals surface area contributed by atoms with Gasteiger partial charge in [0.05, 0.1) is 46.6 Å². The number of hydrogen-bond acceptors (Lipinski definition) is 6. The van der Waals surface area contributed by atoms with Crippen molar-refractivity contribution in [2.75, 3.05) is 5.32 Å². The predicted molar refractivity (Wildman–Crippen MR) is 100 cm³/mol. The maximum Gasteiger partial charge on any atom is 0.223 e. The van der Waals surface area contributed by atoms with Gasteiger partial charge >= 0.3 is 0 Å². The molecule has 0 fully saturated rings. The second kappa shape index (κ2) is 8.30. The molecule has 0 aliphatic rings. The van der Waals surface area contributed by atoms with Crippen molar-refractivity contribution in [2.45, 2.75) is 39.3 Å². The largest absolute Gasteiger partial charge is 0.475 e. The number of nitrogens with one attached hydrogen (secondary N) is 2. The van der Waals surface area contributed by atoms with Crippen LogP contribution in [0.3, 0.4) is 0 Å². The first-order valence-electron chi connectivity index (χ1n) is 8.51. The van der Waals surface area contributed by atoms with Crippen molar-refractivity contribution >= 4 is 17.5 Å². The minimum absolute atomic E-state index is 0.0540. The highest BCUT2D eigenvalue weighted by atomic mass is 35.5. The number of ether oxygens (including phenoxy) is 1. The number of pyridine rings is 1. The summed E-state index contributed by atoms with van der Waals surface area (Å²) in [6, 6.07) is 4.60. The minimum Gasteiger partial charge on any atom is -0.475 e. The van der Waals surface area contributed by atoms with Crippen LogP contribution < -0.4 is 10.1 Å². The van der Waals surface area contributed by atoms with Gasteiger partial charge in [0.2, 0.25) is 11.8 Å². The second-order valence-electron chi connectivity index (χ2n) is 6.32. The Morgan fingerprint density at radius 3 is 2.74 bits per heavy atom. The minimum atomic E-state index is -0.379. The average Bonchev–Trinajstić information content (AvgIpc) is 3.04. The Bertz CT molecular complexity index is 899. The Morgan fingerprint density at radius 2 is 2.04 bits per heavy atom. The second-order valence-corrected chi connectivity index (χ2v) is 6.73. The van der Waals surface area contributed by atoms with Crippen LogP contribution in [0.5, 0.6) is 5.88 Å². The first-order chi connectivity index (χ1) is 12.9. The molecule has 0 aliphatic carbocycles. The SMILES string of the molecule is CC(C)Oc1cc(Cc2nc(N[C@@H](C)c3ccc(F)cn3)ncc2Cl)n[nH]1. The van der Waals surface area contributed by atoms with E-state index in [1.807, 2.05) is 26.8 Å². The first-order valence-corrected chi connectivity index (χ1v) is 8.89. The third-order valence-corrected chi connectivity index (χ3v) is 3.99. The van der Waals surface area contributed by atoms with Crippen LogP contribution in [0.2, 0.25) is 5.02 Å². The van der Waals surface area contributed by atoms with Crippen molar-refractivity contribution in [1.29, 1.82) is 0 Å². The first kappa shape index (κ1) is 19.0. The molecular weight excluding hydrogens is 371 g/mol. The van der Waals surface area contributed by atoms with Crippen LogP contribution in [-0.2, 0) is 6.42 Å². The van der Waals surface area contributed by atoms with Crippen LogP contribution >= 0.6 is 11.6 Å². The van der Waals surface area contributed by atoms with E-state index in [0.717, 1.165) is 5.69 Å². The van der Waals surface area contributed by atoms with E-state index in [1.54, 1.807) is 6.07 Å². The fourth-order valence-electron chi connectivity index (χ4n) is 2.43. The van der Waals surface area contributed by atoms with Gasteiger partial charge in [-0.1, -0.05) is 11.6 Å². The van der Waals surface area contributed by atoms with E-state index in [1.165, 1.54) is 18.5 Å². The lowest BCUT2D eigenvalue weighted by Crippen LogP contribution is -2.12. The number of nitrogens with zero attached hydrogens (tertiary/aromatic N) is 4. The monoisotopic (exact) mass is 390 g/mol. The van der Waals surface area contributed by atoms with Crippen LogP contribution in [-0.4, -0.2) is 31.3 Å². The number of aromatic amines is 1. The van der Waals surface area contributed by atoms with Crippen LogP contribution in [0.15, 0.2) is 30.6 Å². The fourth-order valence-corrected chi connectivity index (χ4v) is 2.58. The van der Waals surface area contributed by atoms with Crippen LogP contribution in [0.25, 0.3) is 0 Å². The maximum atomic E-state index is 13.0. The van der Waals surface area contributed by atoms with E-state index in [0.29, 0.717) is 34.7 Å². The highest BCUT2D eigenvalue weighted by molar-refractivity contribution is 6.31. The van der Waals surface area contributed by atoms with E-state index >= 15 is 0 Å². The Balaban J connectivity index is 1.72. The summed E-state index contributed by atoms with van der Waals surface area (Å²) in [7, 11) is 0. The number of hydrogen-bond donors (Lipinski definition) is 2. The zero-order valence-electron chi connectivity index (χ0n) is 15.2. The van der Waals surface area contributed by atoms with Crippen molar-refractivity contribution < 1.29 is 9.13 Å². The highest BCUT2D eigenvalue weighted by Gasteiger charge is 2.13. The van der Waals surface area contributed by atoms with Crippen molar-refractivity contribution in [3.63, 3.8) is 0 Å². The molecule has 142 valence electrons. The molecule has 0 saturated heterocycles. The summed E-state index contributed by atoms with van der Waals surface area (Å²) in [6.45, 7) is 5.77. The van der Waals surface area contributed by atoms with Crippen LogP contribution in [0.4, 0.5) is 10.3 Å². The molecule has 0 bridgehead atoms. The van der Waals surface area contributed by atoms with E-state index in [-0.39, 0.29) is 18.0 Å². The smallest absolute Gasteiger partial charge is 0.223 e. The Labute approximate surface area is 161 Å². The molecule has 3 aromatic rings.